The molecule has 6 heteroatoms. The summed E-state index contributed by atoms with van der Waals surface area (Å²) < 4.78 is 1.42. The lowest BCUT2D eigenvalue weighted by Crippen LogP contribution is -2.23. The van der Waals surface area contributed by atoms with E-state index in [2.05, 4.69) is 20.3 Å². The van der Waals surface area contributed by atoms with Crippen LogP contribution in [0.25, 0.3) is 11.2 Å². The molecular weight excluding hydrogens is 206 g/mol. The Kier molecular flexibility index (Phi) is 2.34. The Labute approximate surface area is 92.4 Å². The zero-order valence-electron chi connectivity index (χ0n) is 9.70. The van der Waals surface area contributed by atoms with Gasteiger partial charge in [0.2, 0.25) is 5.95 Å². The Hall–Kier alpha value is -1.98. The van der Waals surface area contributed by atoms with Gasteiger partial charge in [-0.15, -0.1) is 0 Å². The van der Waals surface area contributed by atoms with Crippen molar-refractivity contribution in [3.05, 3.63) is 21.7 Å². The predicted molar refractivity (Wildman–Crippen MR) is 61.6 cm³/mol. The molecule has 0 saturated heterocycles. The highest BCUT2D eigenvalue weighted by molar-refractivity contribution is 5.70. The normalized spacial score (nSPS) is 10.8. The fourth-order valence-corrected chi connectivity index (χ4v) is 1.47. The maximum absolute atomic E-state index is 12.0. The Bertz CT molecular complexity index is 617. The van der Waals surface area contributed by atoms with Crippen LogP contribution in [0.3, 0.4) is 0 Å². The molecule has 0 spiro atoms. The van der Waals surface area contributed by atoms with Crippen molar-refractivity contribution in [1.82, 2.24) is 19.5 Å². The number of nitrogens with zero attached hydrogens (tertiary/aromatic N) is 4. The Morgan fingerprint density at radius 2 is 1.75 bits per heavy atom. The first-order chi connectivity index (χ1) is 7.54. The SMILES string of the molecule is CNc1nc2nc(C)c(C)nc2c(=O)n1C. The van der Waals surface area contributed by atoms with Gasteiger partial charge in [-0.1, -0.05) is 0 Å². The van der Waals surface area contributed by atoms with Gasteiger partial charge in [-0.25, -0.2) is 9.97 Å². The molecule has 0 saturated carbocycles. The molecule has 0 radical (unpaired) electrons. The molecule has 2 rings (SSSR count). The number of rotatable bonds is 1. The molecule has 16 heavy (non-hydrogen) atoms. The number of aryl methyl sites for hydroxylation is 2. The number of hydrogen-bond acceptors (Lipinski definition) is 5. The predicted octanol–water partition coefficient (Wildman–Crippen LogP) is 0.382. The lowest BCUT2D eigenvalue weighted by Gasteiger charge is -2.08. The first-order valence-corrected chi connectivity index (χ1v) is 4.94. The summed E-state index contributed by atoms with van der Waals surface area (Å²) in [5.74, 6) is 0.482. The van der Waals surface area contributed by atoms with Crippen LogP contribution in [0, 0.1) is 13.8 Å². The van der Waals surface area contributed by atoms with E-state index in [0.717, 1.165) is 11.4 Å². The Balaban J connectivity index is 2.93. The lowest BCUT2D eigenvalue weighted by atomic mass is 10.3. The van der Waals surface area contributed by atoms with E-state index >= 15 is 0 Å². The molecule has 0 bridgehead atoms. The van der Waals surface area contributed by atoms with Crippen LogP contribution >= 0.6 is 0 Å². The molecule has 84 valence electrons. The first-order valence-electron chi connectivity index (χ1n) is 4.94. The summed E-state index contributed by atoms with van der Waals surface area (Å²) in [6.07, 6.45) is 0. The zero-order chi connectivity index (χ0) is 11.9. The molecule has 0 aliphatic carbocycles. The van der Waals surface area contributed by atoms with Crippen molar-refractivity contribution < 1.29 is 0 Å². The third-order valence-electron chi connectivity index (χ3n) is 2.55. The molecule has 1 N–H and O–H groups in total. The summed E-state index contributed by atoms with van der Waals surface area (Å²) in [5.41, 5.74) is 2.05. The molecule has 0 aromatic carbocycles. The molecule has 0 aliphatic heterocycles. The van der Waals surface area contributed by atoms with Crippen LogP contribution in [0.5, 0.6) is 0 Å². The van der Waals surface area contributed by atoms with E-state index < -0.39 is 0 Å². The Morgan fingerprint density at radius 1 is 1.12 bits per heavy atom. The van der Waals surface area contributed by atoms with Crippen molar-refractivity contribution in [2.24, 2.45) is 7.05 Å². The van der Waals surface area contributed by atoms with Crippen molar-refractivity contribution >= 4 is 17.1 Å². The van der Waals surface area contributed by atoms with Crippen LogP contribution in [0.4, 0.5) is 5.95 Å². The van der Waals surface area contributed by atoms with Crippen LogP contribution in [0.2, 0.25) is 0 Å². The van der Waals surface area contributed by atoms with Gasteiger partial charge in [0.1, 0.15) is 0 Å². The third-order valence-corrected chi connectivity index (χ3v) is 2.55. The van der Waals surface area contributed by atoms with E-state index in [1.165, 1.54) is 4.57 Å². The quantitative estimate of drug-likeness (QED) is 0.750. The van der Waals surface area contributed by atoms with Gasteiger partial charge >= 0.3 is 0 Å². The molecule has 0 aliphatic rings. The monoisotopic (exact) mass is 219 g/mol. The largest absolute Gasteiger partial charge is 0.359 e. The number of aromatic nitrogens is 4. The minimum atomic E-state index is -0.190. The second-order valence-corrected chi connectivity index (χ2v) is 3.62. The smallest absolute Gasteiger partial charge is 0.282 e. The van der Waals surface area contributed by atoms with Crippen LogP contribution in [-0.2, 0) is 7.05 Å². The van der Waals surface area contributed by atoms with Gasteiger partial charge in [0.15, 0.2) is 11.2 Å². The van der Waals surface area contributed by atoms with Crippen LogP contribution < -0.4 is 10.9 Å². The highest BCUT2D eigenvalue weighted by atomic mass is 16.1. The van der Waals surface area contributed by atoms with Crippen molar-refractivity contribution in [2.45, 2.75) is 13.8 Å². The Morgan fingerprint density at radius 3 is 2.38 bits per heavy atom. The summed E-state index contributed by atoms with van der Waals surface area (Å²) >= 11 is 0. The van der Waals surface area contributed by atoms with E-state index in [9.17, 15) is 4.79 Å². The minimum Gasteiger partial charge on any atom is -0.359 e. The molecular formula is C10H13N5O. The maximum atomic E-state index is 12.0. The van der Waals surface area contributed by atoms with Gasteiger partial charge in [-0.05, 0) is 13.8 Å². The molecule has 2 aromatic rings. The van der Waals surface area contributed by atoms with E-state index in [0.29, 0.717) is 17.1 Å². The lowest BCUT2D eigenvalue weighted by molar-refractivity contribution is 0.841. The van der Waals surface area contributed by atoms with Gasteiger partial charge in [0.05, 0.1) is 11.4 Å². The standard InChI is InChI=1S/C10H13N5O/c1-5-6(2)13-8-7(12-5)9(16)15(4)10(11-3)14-8/h1-4H3,(H,11,13,14). The van der Waals surface area contributed by atoms with Crippen LogP contribution in [0.1, 0.15) is 11.4 Å². The average Bonchev–Trinajstić information content (AvgIpc) is 2.26. The molecule has 2 aromatic heterocycles. The van der Waals surface area contributed by atoms with Gasteiger partial charge in [0.25, 0.3) is 5.56 Å². The third kappa shape index (κ3) is 1.42. The van der Waals surface area contributed by atoms with E-state index in [1.807, 2.05) is 13.8 Å². The van der Waals surface area contributed by atoms with Gasteiger partial charge in [0, 0.05) is 14.1 Å². The van der Waals surface area contributed by atoms with E-state index in [4.69, 9.17) is 0 Å². The summed E-state index contributed by atoms with van der Waals surface area (Å²) in [5, 5.41) is 2.85. The van der Waals surface area contributed by atoms with Crippen molar-refractivity contribution in [2.75, 3.05) is 12.4 Å². The number of fused-ring (bicyclic) bond motifs is 1. The molecule has 6 nitrogen and oxygen atoms in total. The summed E-state index contributed by atoms with van der Waals surface area (Å²) in [4.78, 5) is 24.7. The summed E-state index contributed by atoms with van der Waals surface area (Å²) in [7, 11) is 3.36. The molecule has 2 heterocycles. The second-order valence-electron chi connectivity index (χ2n) is 3.62. The molecule has 0 fully saturated rings. The molecule has 0 amide bonds. The molecule has 0 atom stereocenters. The van der Waals surface area contributed by atoms with Gasteiger partial charge in [-0.3, -0.25) is 9.36 Å². The van der Waals surface area contributed by atoms with Gasteiger partial charge in [-0.2, -0.15) is 4.98 Å². The second kappa shape index (κ2) is 3.55. The topological polar surface area (TPSA) is 72.7 Å². The van der Waals surface area contributed by atoms with Crippen molar-refractivity contribution in [1.29, 1.82) is 0 Å². The first kappa shape index (κ1) is 10.5. The number of nitrogens with one attached hydrogen (secondary N) is 1. The number of anilines is 1. The van der Waals surface area contributed by atoms with Gasteiger partial charge < -0.3 is 5.32 Å². The average molecular weight is 219 g/mol. The van der Waals surface area contributed by atoms with Crippen molar-refractivity contribution in [3.8, 4) is 0 Å². The highest BCUT2D eigenvalue weighted by Crippen LogP contribution is 2.08. The maximum Gasteiger partial charge on any atom is 0.282 e. The van der Waals surface area contributed by atoms with Crippen LogP contribution in [0.15, 0.2) is 4.79 Å². The van der Waals surface area contributed by atoms with E-state index in [1.54, 1.807) is 14.1 Å². The fraction of sp³-hybridized carbons (Fsp3) is 0.400. The summed E-state index contributed by atoms with van der Waals surface area (Å²) in [6, 6.07) is 0. The van der Waals surface area contributed by atoms with E-state index in [-0.39, 0.29) is 5.56 Å². The molecule has 0 unspecified atom stereocenters. The minimum absolute atomic E-state index is 0.190. The zero-order valence-corrected chi connectivity index (χ0v) is 9.70. The highest BCUT2D eigenvalue weighted by Gasteiger charge is 2.10. The van der Waals surface area contributed by atoms with Crippen LogP contribution in [-0.4, -0.2) is 26.6 Å². The summed E-state index contributed by atoms with van der Waals surface area (Å²) in [6.45, 7) is 3.67. The number of hydrogen-bond donors (Lipinski definition) is 1. The fourth-order valence-electron chi connectivity index (χ4n) is 1.47. The van der Waals surface area contributed by atoms with Crippen molar-refractivity contribution in [3.63, 3.8) is 0 Å².